The highest BCUT2D eigenvalue weighted by Crippen LogP contribution is 2.32. The van der Waals surface area contributed by atoms with Gasteiger partial charge in [-0.3, -0.25) is 14.9 Å². The minimum Gasteiger partial charge on any atom is -0.497 e. The number of ether oxygens (including phenoxy) is 1. The Balaban J connectivity index is 1.70. The first-order valence-electron chi connectivity index (χ1n) is 10.0. The number of rotatable bonds is 3. The summed E-state index contributed by atoms with van der Waals surface area (Å²) in [6.45, 7) is 0. The van der Waals surface area contributed by atoms with Gasteiger partial charge in [-0.15, -0.1) is 0 Å². The van der Waals surface area contributed by atoms with Crippen LogP contribution in [0, 0.1) is 0 Å². The van der Waals surface area contributed by atoms with Crippen LogP contribution in [0.15, 0.2) is 84.4 Å². The van der Waals surface area contributed by atoms with Gasteiger partial charge in [-0.1, -0.05) is 54.6 Å². The Morgan fingerprint density at radius 1 is 0.812 bits per heavy atom. The van der Waals surface area contributed by atoms with Crippen molar-refractivity contribution in [1.82, 2.24) is 5.32 Å². The van der Waals surface area contributed by atoms with Crippen molar-refractivity contribution in [3.8, 4) is 5.75 Å². The van der Waals surface area contributed by atoms with Crippen molar-refractivity contribution in [2.75, 3.05) is 12.0 Å². The van der Waals surface area contributed by atoms with Gasteiger partial charge in [0.25, 0.3) is 11.8 Å². The number of imide groups is 2. The molecule has 0 unspecified atom stereocenters. The maximum atomic E-state index is 13.4. The molecule has 0 bridgehead atoms. The SMILES string of the molecule is COc1cccc(N2C(=O)NC(=O)C(=Cc3c4ccccc4cc4ccccc34)C2=O)c1. The molecule has 1 saturated heterocycles. The molecule has 32 heavy (non-hydrogen) atoms. The zero-order chi connectivity index (χ0) is 22.2. The number of nitrogens with zero attached hydrogens (tertiary/aromatic N) is 1. The van der Waals surface area contributed by atoms with Crippen molar-refractivity contribution in [1.29, 1.82) is 0 Å². The Morgan fingerprint density at radius 3 is 2.12 bits per heavy atom. The molecule has 156 valence electrons. The van der Waals surface area contributed by atoms with Gasteiger partial charge in [-0.05, 0) is 51.4 Å². The Labute approximate surface area is 183 Å². The summed E-state index contributed by atoms with van der Waals surface area (Å²) in [6.07, 6.45) is 1.57. The lowest BCUT2D eigenvalue weighted by Crippen LogP contribution is -2.54. The summed E-state index contributed by atoms with van der Waals surface area (Å²) in [7, 11) is 1.50. The standard InChI is InChI=1S/C26H18N2O4/c1-32-19-10-6-9-18(14-19)28-25(30)23(24(29)27-26(28)31)15-22-20-11-4-2-7-16(20)13-17-8-3-5-12-21(17)22/h2-15H,1H3,(H,27,29,31). The highest BCUT2D eigenvalue weighted by Gasteiger charge is 2.37. The van der Waals surface area contributed by atoms with Gasteiger partial charge in [0.2, 0.25) is 0 Å². The third-order valence-corrected chi connectivity index (χ3v) is 5.51. The smallest absolute Gasteiger partial charge is 0.335 e. The maximum Gasteiger partial charge on any atom is 0.335 e. The molecular weight excluding hydrogens is 404 g/mol. The van der Waals surface area contributed by atoms with Crippen LogP contribution in [0.5, 0.6) is 5.75 Å². The summed E-state index contributed by atoms with van der Waals surface area (Å²) in [5.41, 5.74) is 0.944. The number of amides is 4. The fourth-order valence-electron chi connectivity index (χ4n) is 3.99. The number of hydrogen-bond acceptors (Lipinski definition) is 4. The molecule has 1 fully saturated rings. The number of barbiturate groups is 1. The van der Waals surface area contributed by atoms with Crippen molar-refractivity contribution in [3.05, 3.63) is 90.0 Å². The Bertz CT molecular complexity index is 1400. The molecule has 0 aromatic heterocycles. The van der Waals surface area contributed by atoms with E-state index in [9.17, 15) is 14.4 Å². The first-order chi connectivity index (χ1) is 15.6. The Kier molecular flexibility index (Phi) is 4.67. The number of urea groups is 1. The molecular formula is C26H18N2O4. The van der Waals surface area contributed by atoms with Crippen LogP contribution in [0.1, 0.15) is 5.56 Å². The van der Waals surface area contributed by atoms with E-state index in [4.69, 9.17) is 4.74 Å². The number of benzene rings is 4. The van der Waals surface area contributed by atoms with Gasteiger partial charge in [0.15, 0.2) is 0 Å². The molecule has 6 nitrogen and oxygen atoms in total. The van der Waals surface area contributed by atoms with E-state index in [1.54, 1.807) is 30.3 Å². The molecule has 4 aromatic carbocycles. The van der Waals surface area contributed by atoms with Crippen LogP contribution in [0.4, 0.5) is 10.5 Å². The van der Waals surface area contributed by atoms with Crippen molar-refractivity contribution in [2.24, 2.45) is 0 Å². The van der Waals surface area contributed by atoms with Crippen LogP contribution >= 0.6 is 0 Å². The molecule has 6 heteroatoms. The van der Waals surface area contributed by atoms with Crippen LogP contribution in [0.2, 0.25) is 0 Å². The average Bonchev–Trinajstić information content (AvgIpc) is 2.81. The molecule has 1 aliphatic rings. The lowest BCUT2D eigenvalue weighted by atomic mass is 9.94. The van der Waals surface area contributed by atoms with Gasteiger partial charge >= 0.3 is 6.03 Å². The van der Waals surface area contributed by atoms with Crippen molar-refractivity contribution in [3.63, 3.8) is 0 Å². The second kappa shape index (κ2) is 7.67. The zero-order valence-electron chi connectivity index (χ0n) is 17.2. The van der Waals surface area contributed by atoms with E-state index in [0.717, 1.165) is 32.0 Å². The van der Waals surface area contributed by atoms with Gasteiger partial charge in [-0.2, -0.15) is 0 Å². The third kappa shape index (κ3) is 3.18. The summed E-state index contributed by atoms with van der Waals surface area (Å²) in [5, 5.41) is 6.07. The highest BCUT2D eigenvalue weighted by atomic mass is 16.5. The number of carbonyl (C=O) groups excluding carboxylic acids is 3. The van der Waals surface area contributed by atoms with Gasteiger partial charge < -0.3 is 4.74 Å². The Morgan fingerprint density at radius 2 is 1.47 bits per heavy atom. The summed E-state index contributed by atoms with van der Waals surface area (Å²) < 4.78 is 5.20. The van der Waals surface area contributed by atoms with Gasteiger partial charge in [-0.25, -0.2) is 9.69 Å². The monoisotopic (exact) mass is 422 g/mol. The first kappa shape index (κ1) is 19.5. The van der Waals surface area contributed by atoms with E-state index < -0.39 is 17.8 Å². The van der Waals surface area contributed by atoms with E-state index >= 15 is 0 Å². The second-order valence-electron chi connectivity index (χ2n) is 7.39. The topological polar surface area (TPSA) is 75.7 Å². The lowest BCUT2D eigenvalue weighted by molar-refractivity contribution is -0.122. The molecule has 0 atom stereocenters. The maximum absolute atomic E-state index is 13.4. The molecule has 4 amide bonds. The number of carbonyl (C=O) groups is 3. The van der Waals surface area contributed by atoms with Crippen LogP contribution < -0.4 is 15.0 Å². The molecule has 0 aliphatic carbocycles. The average molecular weight is 422 g/mol. The fourth-order valence-corrected chi connectivity index (χ4v) is 3.99. The zero-order valence-corrected chi connectivity index (χ0v) is 17.2. The Hall–Kier alpha value is -4.45. The van der Waals surface area contributed by atoms with Gasteiger partial charge in [0.05, 0.1) is 12.8 Å². The molecule has 1 N–H and O–H groups in total. The molecule has 1 aliphatic heterocycles. The fraction of sp³-hybridized carbons (Fsp3) is 0.0385. The minimum atomic E-state index is -0.798. The van der Waals surface area contributed by atoms with Crippen molar-refractivity contribution in [2.45, 2.75) is 0 Å². The number of anilines is 1. The van der Waals surface area contributed by atoms with Crippen LogP contribution in [-0.4, -0.2) is 25.0 Å². The summed E-state index contributed by atoms with van der Waals surface area (Å²) in [6, 6.07) is 23.4. The minimum absolute atomic E-state index is 0.117. The van der Waals surface area contributed by atoms with E-state index in [0.29, 0.717) is 11.4 Å². The lowest BCUT2D eigenvalue weighted by Gasteiger charge is -2.26. The third-order valence-electron chi connectivity index (χ3n) is 5.51. The molecule has 0 saturated carbocycles. The number of methoxy groups -OCH3 is 1. The molecule has 0 spiro atoms. The molecule has 5 rings (SSSR count). The normalized spacial score (nSPS) is 15.5. The van der Waals surface area contributed by atoms with E-state index in [1.165, 1.54) is 7.11 Å². The number of nitrogens with one attached hydrogen (secondary N) is 1. The van der Waals surface area contributed by atoms with Crippen LogP contribution in [0.25, 0.3) is 27.6 Å². The first-order valence-corrected chi connectivity index (χ1v) is 10.0. The van der Waals surface area contributed by atoms with Gasteiger partial charge in [0.1, 0.15) is 11.3 Å². The van der Waals surface area contributed by atoms with E-state index in [-0.39, 0.29) is 5.57 Å². The predicted octanol–water partition coefficient (Wildman–Crippen LogP) is 4.67. The number of fused-ring (bicyclic) bond motifs is 2. The molecule has 4 aromatic rings. The largest absolute Gasteiger partial charge is 0.497 e. The van der Waals surface area contributed by atoms with E-state index in [2.05, 4.69) is 11.4 Å². The molecule has 1 heterocycles. The van der Waals surface area contributed by atoms with Crippen LogP contribution in [-0.2, 0) is 9.59 Å². The summed E-state index contributed by atoms with van der Waals surface area (Å²) in [4.78, 5) is 39.6. The summed E-state index contributed by atoms with van der Waals surface area (Å²) >= 11 is 0. The van der Waals surface area contributed by atoms with Crippen molar-refractivity contribution < 1.29 is 19.1 Å². The highest BCUT2D eigenvalue weighted by molar-refractivity contribution is 6.39. The quantitative estimate of drug-likeness (QED) is 0.296. The van der Waals surface area contributed by atoms with Crippen LogP contribution in [0.3, 0.4) is 0 Å². The van der Waals surface area contributed by atoms with E-state index in [1.807, 2.05) is 48.5 Å². The van der Waals surface area contributed by atoms with Gasteiger partial charge in [0, 0.05) is 6.07 Å². The predicted molar refractivity (Wildman–Crippen MR) is 123 cm³/mol. The van der Waals surface area contributed by atoms with Crippen molar-refractivity contribution >= 4 is 51.2 Å². The number of hydrogen-bond donors (Lipinski definition) is 1. The molecule has 0 radical (unpaired) electrons. The second-order valence-corrected chi connectivity index (χ2v) is 7.39. The summed E-state index contributed by atoms with van der Waals surface area (Å²) in [5.74, 6) is -0.925.